The number of hydrogen-bond acceptors (Lipinski definition) is 4. The molecule has 0 saturated carbocycles. The zero-order valence-electron chi connectivity index (χ0n) is 25.6. The Labute approximate surface area is 274 Å². The summed E-state index contributed by atoms with van der Waals surface area (Å²) in [5, 5.41) is 17.3. The maximum atomic E-state index is 4.86. The lowest BCUT2D eigenvalue weighted by atomic mass is 9.87. The molecule has 4 heteroatoms. The van der Waals surface area contributed by atoms with Gasteiger partial charge in [-0.1, -0.05) is 97.1 Å². The summed E-state index contributed by atoms with van der Waals surface area (Å²) < 4.78 is 0. The molecule has 220 valence electrons. The average molecular weight is 609 g/mol. The van der Waals surface area contributed by atoms with Crippen molar-refractivity contribution in [3.05, 3.63) is 146 Å². The summed E-state index contributed by atoms with van der Waals surface area (Å²) in [6.45, 7) is 0. The second kappa shape index (κ2) is 9.50. The van der Waals surface area contributed by atoms with Crippen LogP contribution in [0.25, 0.3) is 109 Å². The summed E-state index contributed by atoms with van der Waals surface area (Å²) in [4.78, 5) is 19.1. The molecule has 0 aliphatic heterocycles. The van der Waals surface area contributed by atoms with E-state index in [1.807, 2.05) is 30.9 Å². The van der Waals surface area contributed by atoms with Crippen LogP contribution < -0.4 is 0 Å². The zero-order valence-corrected chi connectivity index (χ0v) is 25.6. The summed E-state index contributed by atoms with van der Waals surface area (Å²) in [5.41, 5.74) is 4.73. The molecular formula is C44H24N4. The van der Waals surface area contributed by atoms with Gasteiger partial charge in [-0.25, -0.2) is 9.97 Å². The molecule has 48 heavy (non-hydrogen) atoms. The van der Waals surface area contributed by atoms with Crippen LogP contribution in [0, 0.1) is 0 Å². The van der Waals surface area contributed by atoms with Gasteiger partial charge in [-0.2, -0.15) is 0 Å². The van der Waals surface area contributed by atoms with Crippen LogP contribution in [0.3, 0.4) is 0 Å². The molecule has 3 aromatic heterocycles. The Kier molecular flexibility index (Phi) is 5.08. The first kappa shape index (κ1) is 25.6. The van der Waals surface area contributed by atoms with Gasteiger partial charge >= 0.3 is 0 Å². The second-order valence-electron chi connectivity index (χ2n) is 12.7. The van der Waals surface area contributed by atoms with Crippen molar-refractivity contribution < 1.29 is 0 Å². The first-order valence-electron chi connectivity index (χ1n) is 16.2. The van der Waals surface area contributed by atoms with E-state index in [1.165, 1.54) is 64.6 Å². The Bertz CT molecular complexity index is 3100. The average Bonchev–Trinajstić information content (AvgIpc) is 3.15. The van der Waals surface area contributed by atoms with Crippen LogP contribution in [0.5, 0.6) is 0 Å². The van der Waals surface area contributed by atoms with Crippen LogP contribution in [-0.4, -0.2) is 19.9 Å². The molecule has 8 aromatic carbocycles. The highest BCUT2D eigenvalue weighted by Gasteiger charge is 2.16. The summed E-state index contributed by atoms with van der Waals surface area (Å²) in [6.07, 6.45) is 7.53. The van der Waals surface area contributed by atoms with Crippen LogP contribution in [0.2, 0.25) is 0 Å². The molecule has 0 spiro atoms. The second-order valence-corrected chi connectivity index (χ2v) is 12.7. The number of aromatic nitrogens is 4. The van der Waals surface area contributed by atoms with E-state index in [4.69, 9.17) is 15.0 Å². The first-order valence-corrected chi connectivity index (χ1v) is 16.2. The summed E-state index contributed by atoms with van der Waals surface area (Å²) >= 11 is 0. The van der Waals surface area contributed by atoms with Crippen LogP contribution in [0.1, 0.15) is 0 Å². The van der Waals surface area contributed by atoms with Gasteiger partial charge in [-0.05, 0) is 94.5 Å². The zero-order chi connectivity index (χ0) is 31.3. The molecule has 3 heterocycles. The van der Waals surface area contributed by atoms with Crippen molar-refractivity contribution in [2.75, 3.05) is 0 Å². The summed E-state index contributed by atoms with van der Waals surface area (Å²) in [7, 11) is 0. The van der Waals surface area contributed by atoms with Crippen molar-refractivity contribution in [2.24, 2.45) is 0 Å². The number of hydrogen-bond donors (Lipinski definition) is 0. The van der Waals surface area contributed by atoms with E-state index in [2.05, 4.69) is 120 Å². The third-order valence-corrected chi connectivity index (χ3v) is 10.1. The normalized spacial score (nSPS) is 12.2. The van der Waals surface area contributed by atoms with E-state index in [1.54, 1.807) is 0 Å². The first-order chi connectivity index (χ1) is 23.8. The van der Waals surface area contributed by atoms with E-state index < -0.39 is 0 Å². The SMILES string of the molecule is c1cnc2c(c1)ccc1cc(-c3ncc(-c4cc5ccc6cccc7c8cccc9ccc%10cccc(c(c4)c5c67)c%10c98)cn3)cnc12. The molecular weight excluding hydrogens is 585 g/mol. The van der Waals surface area contributed by atoms with Crippen molar-refractivity contribution in [1.82, 2.24) is 19.9 Å². The number of pyridine rings is 2. The molecule has 4 nitrogen and oxygen atoms in total. The number of benzene rings is 7. The van der Waals surface area contributed by atoms with Crippen molar-refractivity contribution >= 4 is 86.4 Å². The molecule has 0 amide bonds. The fourth-order valence-electron chi connectivity index (χ4n) is 7.94. The van der Waals surface area contributed by atoms with Gasteiger partial charge in [-0.3, -0.25) is 9.97 Å². The van der Waals surface area contributed by atoms with Gasteiger partial charge in [0.25, 0.3) is 0 Å². The molecule has 0 aliphatic carbocycles. The minimum absolute atomic E-state index is 0.647. The van der Waals surface area contributed by atoms with E-state index in [-0.39, 0.29) is 0 Å². The predicted molar refractivity (Wildman–Crippen MR) is 200 cm³/mol. The van der Waals surface area contributed by atoms with E-state index in [0.29, 0.717) is 5.82 Å². The third kappa shape index (κ3) is 3.54. The van der Waals surface area contributed by atoms with E-state index in [9.17, 15) is 0 Å². The van der Waals surface area contributed by atoms with E-state index in [0.717, 1.165) is 38.5 Å². The summed E-state index contributed by atoms with van der Waals surface area (Å²) in [5.74, 6) is 0.647. The van der Waals surface area contributed by atoms with Crippen LogP contribution in [-0.2, 0) is 0 Å². The highest BCUT2D eigenvalue weighted by molar-refractivity contribution is 6.37. The number of fused-ring (bicyclic) bond motifs is 5. The van der Waals surface area contributed by atoms with Crippen molar-refractivity contribution in [2.45, 2.75) is 0 Å². The maximum Gasteiger partial charge on any atom is 0.160 e. The number of nitrogens with zero attached hydrogens (tertiary/aromatic N) is 4. The third-order valence-electron chi connectivity index (χ3n) is 10.1. The molecule has 11 rings (SSSR count). The Balaban J connectivity index is 1.16. The van der Waals surface area contributed by atoms with Gasteiger partial charge in [0.15, 0.2) is 5.82 Å². The van der Waals surface area contributed by atoms with E-state index >= 15 is 0 Å². The Morgan fingerprint density at radius 1 is 0.312 bits per heavy atom. The number of rotatable bonds is 2. The molecule has 0 saturated heterocycles. The molecule has 0 atom stereocenters. The predicted octanol–water partition coefficient (Wildman–Crippen LogP) is 11.3. The molecule has 0 N–H and O–H groups in total. The lowest BCUT2D eigenvalue weighted by Crippen LogP contribution is -1.93. The van der Waals surface area contributed by atoms with Gasteiger partial charge < -0.3 is 0 Å². The topological polar surface area (TPSA) is 51.6 Å². The monoisotopic (exact) mass is 608 g/mol. The van der Waals surface area contributed by atoms with Gasteiger partial charge in [0.2, 0.25) is 0 Å². The fourth-order valence-corrected chi connectivity index (χ4v) is 7.94. The lowest BCUT2D eigenvalue weighted by Gasteiger charge is -2.17. The van der Waals surface area contributed by atoms with Gasteiger partial charge in [0, 0.05) is 46.7 Å². The van der Waals surface area contributed by atoms with Crippen molar-refractivity contribution in [3.63, 3.8) is 0 Å². The largest absolute Gasteiger partial charge is 0.254 e. The van der Waals surface area contributed by atoms with Crippen molar-refractivity contribution in [3.8, 4) is 22.5 Å². The molecule has 0 bridgehead atoms. The fraction of sp³-hybridized carbons (Fsp3) is 0. The quantitative estimate of drug-likeness (QED) is 0.183. The van der Waals surface area contributed by atoms with Crippen molar-refractivity contribution in [1.29, 1.82) is 0 Å². The van der Waals surface area contributed by atoms with Crippen LogP contribution in [0.15, 0.2) is 146 Å². The van der Waals surface area contributed by atoms with Gasteiger partial charge in [-0.15, -0.1) is 0 Å². The Morgan fingerprint density at radius 2 is 0.812 bits per heavy atom. The molecule has 0 radical (unpaired) electrons. The highest BCUT2D eigenvalue weighted by atomic mass is 14.9. The van der Waals surface area contributed by atoms with Crippen LogP contribution >= 0.6 is 0 Å². The Hall–Kier alpha value is -6.52. The van der Waals surface area contributed by atoms with Crippen LogP contribution in [0.4, 0.5) is 0 Å². The minimum atomic E-state index is 0.647. The Morgan fingerprint density at radius 3 is 1.50 bits per heavy atom. The minimum Gasteiger partial charge on any atom is -0.254 e. The highest BCUT2D eigenvalue weighted by Crippen LogP contribution is 2.44. The standard InChI is InChI=1S/C44H24N4/c1-5-25-12-13-26-7-3-11-36-37-21-31(19-29-16-14-27-6-2-10-35(39(27)41(29)37)34(9-1)38(25)40(26)36)33-23-47-44(48-24-33)32-20-30-17-15-28-8-4-18-45-42(28)43(30)46-22-32/h1-24H. The molecule has 11 aromatic rings. The van der Waals surface area contributed by atoms with Gasteiger partial charge in [0.1, 0.15) is 0 Å². The smallest absolute Gasteiger partial charge is 0.160 e. The maximum absolute atomic E-state index is 4.86. The summed E-state index contributed by atoms with van der Waals surface area (Å²) in [6, 6.07) is 44.1. The molecule has 0 unspecified atom stereocenters. The molecule has 0 fully saturated rings. The lowest BCUT2D eigenvalue weighted by molar-refractivity contribution is 1.17. The molecule has 0 aliphatic rings. The van der Waals surface area contributed by atoms with Gasteiger partial charge in [0.05, 0.1) is 11.0 Å².